The van der Waals surface area contributed by atoms with Crippen LogP contribution in [0.5, 0.6) is 0 Å². The quantitative estimate of drug-likeness (QED) is 0.146. The van der Waals surface area contributed by atoms with Gasteiger partial charge in [-0.05, 0) is 91.1 Å². The highest BCUT2D eigenvalue weighted by Crippen LogP contribution is 2.48. The third kappa shape index (κ3) is 6.07. The Kier molecular flexibility index (Phi) is 8.80. The number of hydrogen-bond acceptors (Lipinski definition) is 6. The van der Waals surface area contributed by atoms with Gasteiger partial charge in [-0.2, -0.15) is 0 Å². The molecule has 7 nitrogen and oxygen atoms in total. The Morgan fingerprint density at radius 2 is 1.64 bits per heavy atom. The summed E-state index contributed by atoms with van der Waals surface area (Å²) in [5.41, 5.74) is 1.01. The molecule has 0 aliphatic heterocycles. The molecule has 1 amide bonds. The van der Waals surface area contributed by atoms with Crippen molar-refractivity contribution < 1.29 is 31.9 Å². The Hall–Kier alpha value is -5.61. The number of carbonyl (C=O) groups is 2. The van der Waals surface area contributed by atoms with E-state index in [1.807, 2.05) is 30.3 Å². The number of carbonyl (C=O) groups excluding carboxylic acids is 2. The molecule has 0 spiro atoms. The van der Waals surface area contributed by atoms with E-state index in [1.165, 1.54) is 62.5 Å². The molecule has 0 saturated heterocycles. The molecule has 1 aliphatic carbocycles. The van der Waals surface area contributed by atoms with Crippen LogP contribution in [0.1, 0.15) is 56.9 Å². The fraction of sp³-hybridized carbons (Fsp3) is 0.200. The Balaban J connectivity index is 1.23. The predicted molar refractivity (Wildman–Crippen MR) is 182 cm³/mol. The molecule has 0 unspecified atom stereocenters. The summed E-state index contributed by atoms with van der Waals surface area (Å²) in [6, 6.07) is 22.3. The molecule has 0 bridgehead atoms. The van der Waals surface area contributed by atoms with Crippen molar-refractivity contribution in [3.05, 3.63) is 143 Å². The minimum atomic E-state index is -0.822. The first-order valence-electron chi connectivity index (χ1n) is 16.2. The second kappa shape index (κ2) is 13.4. The van der Waals surface area contributed by atoms with E-state index in [0.717, 1.165) is 5.56 Å². The maximum absolute atomic E-state index is 16.6. The molecule has 0 radical (unpaired) electrons. The van der Waals surface area contributed by atoms with Crippen LogP contribution in [0.4, 0.5) is 13.2 Å². The fourth-order valence-corrected chi connectivity index (χ4v) is 6.73. The molecule has 1 fully saturated rings. The Morgan fingerprint density at radius 1 is 0.920 bits per heavy atom. The lowest BCUT2D eigenvalue weighted by atomic mass is 9.62. The number of hydrogen-bond donors (Lipinski definition) is 1. The van der Waals surface area contributed by atoms with Crippen LogP contribution in [0.25, 0.3) is 33.4 Å². The van der Waals surface area contributed by atoms with E-state index in [2.05, 4.69) is 15.3 Å². The first kappa shape index (κ1) is 32.9. The maximum Gasteiger partial charge on any atom is 0.255 e. The van der Waals surface area contributed by atoms with Gasteiger partial charge in [-0.25, -0.2) is 23.1 Å². The lowest BCUT2D eigenvalue weighted by Gasteiger charge is -2.45. The topological polar surface area (TPSA) is 94.3 Å². The number of benzene rings is 4. The van der Waals surface area contributed by atoms with Gasteiger partial charge in [0.1, 0.15) is 34.6 Å². The lowest BCUT2D eigenvalue weighted by molar-refractivity contribution is -0.0582. The maximum atomic E-state index is 16.6. The van der Waals surface area contributed by atoms with Crippen molar-refractivity contribution in [2.24, 2.45) is 0 Å². The number of amides is 1. The van der Waals surface area contributed by atoms with Gasteiger partial charge in [-0.3, -0.25) is 9.59 Å². The number of fused-ring (bicyclic) bond motifs is 1. The van der Waals surface area contributed by atoms with E-state index >= 15 is 8.78 Å². The van der Waals surface area contributed by atoms with Crippen LogP contribution in [0.15, 0.2) is 102 Å². The summed E-state index contributed by atoms with van der Waals surface area (Å²) in [7, 11) is 1.40. The molecule has 1 N–H and O–H groups in total. The molecule has 50 heavy (non-hydrogen) atoms. The highest BCUT2D eigenvalue weighted by Gasteiger charge is 2.49. The van der Waals surface area contributed by atoms with E-state index in [4.69, 9.17) is 9.15 Å². The van der Waals surface area contributed by atoms with Gasteiger partial charge in [0, 0.05) is 48.0 Å². The van der Waals surface area contributed by atoms with Crippen LogP contribution in [-0.4, -0.2) is 34.8 Å². The summed E-state index contributed by atoms with van der Waals surface area (Å²) in [5.74, 6) is -2.39. The minimum absolute atomic E-state index is 0.00471. The molecule has 2 aromatic heterocycles. The summed E-state index contributed by atoms with van der Waals surface area (Å²) in [4.78, 5) is 36.0. The van der Waals surface area contributed by atoms with E-state index in [0.29, 0.717) is 30.8 Å². The summed E-state index contributed by atoms with van der Waals surface area (Å²) in [6.45, 7) is 1.93. The standard InChI is InChI=1S/C40H32F3N3O4/c1-23-30(29-13-14-33-34(36(29)43)35(38(48)44-2)37(50-33)25-9-11-27(41)12-10-25)17-26(18-31(23)42)32(47)21-40(39-45-15-6-16-46-39)19-28(20-40)49-22-24-7-4-3-5-8-24/h3-18,28H,19-22H2,1-2H3,(H,44,48). The van der Waals surface area contributed by atoms with Crippen LogP contribution in [0.2, 0.25) is 0 Å². The Morgan fingerprint density at radius 3 is 2.34 bits per heavy atom. The van der Waals surface area contributed by atoms with Gasteiger partial charge >= 0.3 is 0 Å². The largest absolute Gasteiger partial charge is 0.455 e. The van der Waals surface area contributed by atoms with Crippen molar-refractivity contribution in [3.8, 4) is 22.5 Å². The monoisotopic (exact) mass is 675 g/mol. The fourth-order valence-electron chi connectivity index (χ4n) is 6.73. The van der Waals surface area contributed by atoms with Crippen molar-refractivity contribution in [2.45, 2.75) is 44.3 Å². The summed E-state index contributed by atoms with van der Waals surface area (Å²) >= 11 is 0. The van der Waals surface area contributed by atoms with E-state index in [1.54, 1.807) is 18.5 Å². The van der Waals surface area contributed by atoms with Crippen LogP contribution >= 0.6 is 0 Å². The Labute approximate surface area is 286 Å². The number of nitrogens with one attached hydrogen (secondary N) is 1. The second-order valence-corrected chi connectivity index (χ2v) is 12.6. The van der Waals surface area contributed by atoms with Gasteiger partial charge < -0.3 is 14.5 Å². The molecular formula is C40H32F3N3O4. The normalized spacial score (nSPS) is 17.0. The first-order chi connectivity index (χ1) is 24.2. The first-order valence-corrected chi connectivity index (χ1v) is 16.2. The van der Waals surface area contributed by atoms with Crippen molar-refractivity contribution in [3.63, 3.8) is 0 Å². The zero-order chi connectivity index (χ0) is 35.0. The zero-order valence-electron chi connectivity index (χ0n) is 27.3. The lowest BCUT2D eigenvalue weighted by Crippen LogP contribution is -2.48. The van der Waals surface area contributed by atoms with E-state index in [-0.39, 0.29) is 62.9 Å². The molecular weight excluding hydrogens is 643 g/mol. The molecule has 252 valence electrons. The average molecular weight is 676 g/mol. The zero-order valence-corrected chi connectivity index (χ0v) is 27.3. The summed E-state index contributed by atoms with van der Waals surface area (Å²) in [6.07, 6.45) is 4.12. The molecule has 6 aromatic rings. The van der Waals surface area contributed by atoms with Gasteiger partial charge in [0.05, 0.1) is 23.7 Å². The number of ketones is 1. The van der Waals surface area contributed by atoms with E-state index in [9.17, 15) is 14.0 Å². The third-order valence-corrected chi connectivity index (χ3v) is 9.41. The molecule has 2 heterocycles. The molecule has 1 aliphatic rings. The average Bonchev–Trinajstić information content (AvgIpc) is 3.52. The van der Waals surface area contributed by atoms with Gasteiger partial charge in [-0.15, -0.1) is 0 Å². The molecule has 10 heteroatoms. The SMILES string of the molecule is CNC(=O)c1c(-c2ccc(F)cc2)oc2ccc(-c3cc(C(=O)CC4(c5ncccn5)CC(OCc5ccccc5)C4)cc(F)c3C)c(F)c12. The summed E-state index contributed by atoms with van der Waals surface area (Å²) < 4.78 is 57.9. The number of halogens is 3. The Bertz CT molecular complexity index is 2220. The second-order valence-electron chi connectivity index (χ2n) is 12.6. The number of ether oxygens (including phenoxy) is 1. The minimum Gasteiger partial charge on any atom is -0.455 e. The van der Waals surface area contributed by atoms with Crippen molar-refractivity contribution in [1.82, 2.24) is 15.3 Å². The molecule has 0 atom stereocenters. The van der Waals surface area contributed by atoms with Gasteiger partial charge in [-0.1, -0.05) is 30.3 Å². The highest BCUT2D eigenvalue weighted by molar-refractivity contribution is 6.12. The van der Waals surface area contributed by atoms with Crippen LogP contribution in [0.3, 0.4) is 0 Å². The van der Waals surface area contributed by atoms with Crippen LogP contribution < -0.4 is 5.32 Å². The number of Topliss-reactive ketones (excluding diaryl/α,β-unsaturated/α-hetero) is 1. The van der Waals surface area contributed by atoms with Gasteiger partial charge in [0.2, 0.25) is 0 Å². The van der Waals surface area contributed by atoms with Crippen molar-refractivity contribution in [2.75, 3.05) is 7.05 Å². The smallest absolute Gasteiger partial charge is 0.255 e. The number of furan rings is 1. The van der Waals surface area contributed by atoms with Crippen molar-refractivity contribution in [1.29, 1.82) is 0 Å². The number of rotatable bonds is 10. The summed E-state index contributed by atoms with van der Waals surface area (Å²) in [5, 5.41) is 2.40. The van der Waals surface area contributed by atoms with Gasteiger partial charge in [0.15, 0.2) is 5.78 Å². The third-order valence-electron chi connectivity index (χ3n) is 9.41. The highest BCUT2D eigenvalue weighted by atomic mass is 19.1. The number of nitrogens with zero attached hydrogens (tertiary/aromatic N) is 2. The number of aromatic nitrogens is 2. The van der Waals surface area contributed by atoms with Crippen LogP contribution in [-0.2, 0) is 16.8 Å². The molecule has 7 rings (SSSR count). The van der Waals surface area contributed by atoms with Gasteiger partial charge in [0.25, 0.3) is 5.91 Å². The van der Waals surface area contributed by atoms with Crippen LogP contribution in [0, 0.1) is 24.4 Å². The van der Waals surface area contributed by atoms with Crippen molar-refractivity contribution >= 4 is 22.7 Å². The molecule has 1 saturated carbocycles. The predicted octanol–water partition coefficient (Wildman–Crippen LogP) is 8.53. The van der Waals surface area contributed by atoms with E-state index < -0.39 is 28.8 Å². The molecule has 4 aromatic carbocycles.